The Morgan fingerprint density at radius 1 is 1.40 bits per heavy atom. The van der Waals surface area contributed by atoms with Crippen molar-refractivity contribution in [1.82, 2.24) is 0 Å². The molecule has 0 radical (unpaired) electrons. The molecule has 3 nitrogen and oxygen atoms in total. The molecule has 0 saturated heterocycles. The summed E-state index contributed by atoms with van der Waals surface area (Å²) in [6.45, 7) is 7.70. The van der Waals surface area contributed by atoms with Gasteiger partial charge in [-0.15, -0.1) is 0 Å². The highest BCUT2D eigenvalue weighted by Crippen LogP contribution is 2.37. The largest absolute Gasteiger partial charge is 0.456 e. The molecule has 0 amide bonds. The number of ether oxygens (including phenoxy) is 1. The summed E-state index contributed by atoms with van der Waals surface area (Å²) in [6.07, 6.45) is 1.67. The lowest BCUT2D eigenvalue weighted by Gasteiger charge is -2.40. The van der Waals surface area contributed by atoms with Gasteiger partial charge in [-0.05, 0) is 51.2 Å². The number of esters is 1. The van der Waals surface area contributed by atoms with E-state index in [4.69, 9.17) is 4.74 Å². The van der Waals surface area contributed by atoms with E-state index in [0.29, 0.717) is 24.3 Å². The van der Waals surface area contributed by atoms with E-state index >= 15 is 0 Å². The molecule has 1 saturated carbocycles. The maximum atomic E-state index is 12.1. The Labute approximate surface area is 120 Å². The van der Waals surface area contributed by atoms with Gasteiger partial charge in [0.25, 0.3) is 0 Å². The minimum absolute atomic E-state index is 0.309. The molecular formula is C17H22O3. The van der Waals surface area contributed by atoms with Crippen molar-refractivity contribution < 1.29 is 14.6 Å². The molecule has 0 bridgehead atoms. The summed E-state index contributed by atoms with van der Waals surface area (Å²) in [4.78, 5) is 12.1. The van der Waals surface area contributed by atoms with E-state index in [1.807, 2.05) is 13.0 Å². The first-order valence-electron chi connectivity index (χ1n) is 7.04. The average Bonchev–Trinajstić information content (AvgIpc) is 2.41. The molecule has 108 valence electrons. The number of carbonyl (C=O) groups is 1. The van der Waals surface area contributed by atoms with Gasteiger partial charge < -0.3 is 9.84 Å². The molecule has 0 unspecified atom stereocenters. The number of hydrogen-bond donors (Lipinski definition) is 1. The zero-order valence-corrected chi connectivity index (χ0v) is 12.1. The molecule has 1 aliphatic carbocycles. The number of hydrogen-bond acceptors (Lipinski definition) is 3. The predicted octanol–water partition coefficient (Wildman–Crippen LogP) is 3.34. The van der Waals surface area contributed by atoms with Crippen LogP contribution in [0.5, 0.6) is 0 Å². The fraction of sp³-hybridized carbons (Fsp3) is 0.471. The second-order valence-electron chi connectivity index (χ2n) is 5.93. The smallest absolute Gasteiger partial charge is 0.338 e. The Hall–Kier alpha value is -1.61. The van der Waals surface area contributed by atoms with Gasteiger partial charge in [0.15, 0.2) is 0 Å². The Morgan fingerprint density at radius 2 is 2.05 bits per heavy atom. The molecule has 0 aliphatic heterocycles. The lowest BCUT2D eigenvalue weighted by Crippen LogP contribution is -2.47. The molecular weight excluding hydrogens is 252 g/mol. The van der Waals surface area contributed by atoms with Crippen molar-refractivity contribution in [2.75, 3.05) is 0 Å². The molecule has 3 atom stereocenters. The van der Waals surface area contributed by atoms with E-state index in [0.717, 1.165) is 12.0 Å². The Morgan fingerprint density at radius 3 is 2.65 bits per heavy atom. The van der Waals surface area contributed by atoms with Crippen molar-refractivity contribution in [3.05, 3.63) is 48.0 Å². The second-order valence-corrected chi connectivity index (χ2v) is 5.93. The van der Waals surface area contributed by atoms with E-state index in [9.17, 15) is 9.90 Å². The van der Waals surface area contributed by atoms with Crippen LogP contribution >= 0.6 is 0 Å². The van der Waals surface area contributed by atoms with Crippen molar-refractivity contribution >= 4 is 5.97 Å². The van der Waals surface area contributed by atoms with Crippen molar-refractivity contribution in [2.45, 2.75) is 44.8 Å². The lowest BCUT2D eigenvalue weighted by atomic mass is 9.75. The van der Waals surface area contributed by atoms with Gasteiger partial charge in [-0.25, -0.2) is 4.79 Å². The summed E-state index contributed by atoms with van der Waals surface area (Å²) < 4.78 is 5.54. The number of carbonyl (C=O) groups excluding carboxylic acids is 1. The van der Waals surface area contributed by atoms with Gasteiger partial charge in [0.05, 0.1) is 11.2 Å². The van der Waals surface area contributed by atoms with Crippen LogP contribution < -0.4 is 0 Å². The first-order valence-corrected chi connectivity index (χ1v) is 7.04. The monoisotopic (exact) mass is 274 g/mol. The molecule has 0 aromatic heterocycles. The van der Waals surface area contributed by atoms with Crippen LogP contribution in [-0.4, -0.2) is 22.8 Å². The standard InChI is InChI=1S/C17H22O3/c1-12(2)14-9-10-17(3,19)15(11-14)20-16(18)13-7-5-4-6-8-13/h4-8,14-15,19H,1,9-11H2,2-3H3/t14-,15-,17-/m0/s1. The average molecular weight is 274 g/mol. The first-order chi connectivity index (χ1) is 9.40. The molecule has 20 heavy (non-hydrogen) atoms. The topological polar surface area (TPSA) is 46.5 Å². The van der Waals surface area contributed by atoms with Gasteiger partial charge in [0.1, 0.15) is 6.10 Å². The third-order valence-electron chi connectivity index (χ3n) is 4.15. The molecule has 1 aromatic carbocycles. The summed E-state index contributed by atoms with van der Waals surface area (Å²) in [7, 11) is 0. The van der Waals surface area contributed by atoms with Gasteiger partial charge in [-0.3, -0.25) is 0 Å². The van der Waals surface area contributed by atoms with Gasteiger partial charge in [0.2, 0.25) is 0 Å². The summed E-state index contributed by atoms with van der Waals surface area (Å²) >= 11 is 0. The van der Waals surface area contributed by atoms with Gasteiger partial charge in [-0.2, -0.15) is 0 Å². The van der Waals surface area contributed by atoms with Crippen LogP contribution in [0, 0.1) is 5.92 Å². The number of allylic oxidation sites excluding steroid dienone is 1. The van der Waals surface area contributed by atoms with Crippen LogP contribution in [0.4, 0.5) is 0 Å². The zero-order valence-electron chi connectivity index (χ0n) is 12.1. The van der Waals surface area contributed by atoms with Crippen molar-refractivity contribution in [2.24, 2.45) is 5.92 Å². The fourth-order valence-corrected chi connectivity index (χ4v) is 2.65. The van der Waals surface area contributed by atoms with Gasteiger partial charge in [-0.1, -0.05) is 30.4 Å². The molecule has 1 aliphatic rings. The number of aliphatic hydroxyl groups is 1. The minimum atomic E-state index is -0.962. The van der Waals surface area contributed by atoms with Gasteiger partial charge >= 0.3 is 5.97 Å². The number of rotatable bonds is 3. The Kier molecular flexibility index (Phi) is 4.29. The third kappa shape index (κ3) is 3.28. The normalized spacial score (nSPS) is 29.8. The highest BCUT2D eigenvalue weighted by atomic mass is 16.6. The predicted molar refractivity (Wildman–Crippen MR) is 78.4 cm³/mol. The van der Waals surface area contributed by atoms with E-state index < -0.39 is 11.7 Å². The van der Waals surface area contributed by atoms with E-state index in [2.05, 4.69) is 6.58 Å². The summed E-state index contributed by atoms with van der Waals surface area (Å²) in [5.74, 6) is -0.0676. The summed E-state index contributed by atoms with van der Waals surface area (Å²) in [5.41, 5.74) is 0.637. The Balaban J connectivity index is 2.09. The first kappa shape index (κ1) is 14.8. The highest BCUT2D eigenvalue weighted by Gasteiger charge is 2.41. The Bertz CT molecular complexity index is 490. The molecule has 2 rings (SSSR count). The highest BCUT2D eigenvalue weighted by molar-refractivity contribution is 5.89. The lowest BCUT2D eigenvalue weighted by molar-refractivity contribution is -0.104. The van der Waals surface area contributed by atoms with Crippen LogP contribution in [0.3, 0.4) is 0 Å². The second kappa shape index (κ2) is 5.80. The third-order valence-corrected chi connectivity index (χ3v) is 4.15. The van der Waals surface area contributed by atoms with E-state index in [-0.39, 0.29) is 5.97 Å². The van der Waals surface area contributed by atoms with Gasteiger partial charge in [0, 0.05) is 0 Å². The molecule has 1 fully saturated rings. The molecule has 1 aromatic rings. The van der Waals surface area contributed by atoms with Crippen molar-refractivity contribution in [3.8, 4) is 0 Å². The molecule has 1 N–H and O–H groups in total. The van der Waals surface area contributed by atoms with E-state index in [1.165, 1.54) is 0 Å². The molecule has 3 heteroatoms. The fourth-order valence-electron chi connectivity index (χ4n) is 2.65. The zero-order chi connectivity index (χ0) is 14.8. The SMILES string of the molecule is C=C(C)[C@H]1CC[C@](C)(O)[C@@H](OC(=O)c2ccccc2)C1. The molecule has 0 spiro atoms. The van der Waals surface area contributed by atoms with E-state index in [1.54, 1.807) is 31.2 Å². The van der Waals surface area contributed by atoms with Crippen LogP contribution in [0.2, 0.25) is 0 Å². The quantitative estimate of drug-likeness (QED) is 0.679. The maximum Gasteiger partial charge on any atom is 0.338 e. The summed E-state index contributed by atoms with van der Waals surface area (Å²) in [6, 6.07) is 8.88. The van der Waals surface area contributed by atoms with Crippen LogP contribution in [-0.2, 0) is 4.74 Å². The van der Waals surface area contributed by atoms with Crippen LogP contribution in [0.1, 0.15) is 43.5 Å². The number of benzene rings is 1. The minimum Gasteiger partial charge on any atom is -0.456 e. The van der Waals surface area contributed by atoms with Crippen LogP contribution in [0.15, 0.2) is 42.5 Å². The maximum absolute atomic E-state index is 12.1. The summed E-state index contributed by atoms with van der Waals surface area (Å²) in [5, 5.41) is 10.4. The molecule has 0 heterocycles. The van der Waals surface area contributed by atoms with Crippen LogP contribution in [0.25, 0.3) is 0 Å². The van der Waals surface area contributed by atoms with Crippen molar-refractivity contribution in [1.29, 1.82) is 0 Å². The van der Waals surface area contributed by atoms with Crippen molar-refractivity contribution in [3.63, 3.8) is 0 Å².